The lowest BCUT2D eigenvalue weighted by Crippen LogP contribution is -2.02. The second-order valence-corrected chi connectivity index (χ2v) is 5.41. The molecule has 0 radical (unpaired) electrons. The first-order valence-electron chi connectivity index (χ1n) is 4.43. The maximum atomic E-state index is 11.6. The van der Waals surface area contributed by atoms with Crippen molar-refractivity contribution in [1.29, 1.82) is 0 Å². The summed E-state index contributed by atoms with van der Waals surface area (Å²) < 4.78 is 23.1. The first kappa shape index (κ1) is 9.27. The van der Waals surface area contributed by atoms with Crippen molar-refractivity contribution in [3.8, 4) is 0 Å². The van der Waals surface area contributed by atoms with Crippen molar-refractivity contribution >= 4 is 20.7 Å². The average Bonchev–Trinajstić information content (AvgIpc) is 2.64. The Morgan fingerprint density at radius 1 is 1.29 bits per heavy atom. The number of aromatic amines is 1. The fourth-order valence-corrected chi connectivity index (χ4v) is 2.29. The van der Waals surface area contributed by atoms with E-state index in [1.165, 1.54) is 0 Å². The molecule has 0 bridgehead atoms. The Labute approximate surface area is 82.7 Å². The topological polar surface area (TPSA) is 49.9 Å². The van der Waals surface area contributed by atoms with E-state index in [1.807, 2.05) is 12.1 Å². The van der Waals surface area contributed by atoms with Gasteiger partial charge in [0.05, 0.1) is 10.6 Å². The molecule has 1 aromatic carbocycles. The largest absolute Gasteiger partial charge is 0.361 e. The number of fused-ring (bicyclic) bond motifs is 1. The van der Waals surface area contributed by atoms with Gasteiger partial charge in [-0.3, -0.25) is 0 Å². The van der Waals surface area contributed by atoms with Gasteiger partial charge in [-0.05, 0) is 23.6 Å². The van der Waals surface area contributed by atoms with Crippen LogP contribution in [0, 0.1) is 0 Å². The molecule has 1 heterocycles. The van der Waals surface area contributed by atoms with Crippen LogP contribution < -0.4 is 0 Å². The van der Waals surface area contributed by atoms with E-state index in [0.717, 1.165) is 10.9 Å². The molecule has 1 N–H and O–H groups in total. The third-order valence-corrected chi connectivity index (χ3v) is 4.00. The van der Waals surface area contributed by atoms with E-state index >= 15 is 0 Å². The van der Waals surface area contributed by atoms with Crippen LogP contribution in [0.2, 0.25) is 0 Å². The number of aromatic nitrogens is 1. The number of hydrogen-bond donors (Lipinski definition) is 1. The Balaban J connectivity index is 2.65. The number of hydrogen-bond acceptors (Lipinski definition) is 2. The molecule has 0 saturated heterocycles. The third-order valence-electron chi connectivity index (χ3n) is 2.27. The minimum Gasteiger partial charge on any atom is -0.361 e. The molecule has 1 aromatic heterocycles. The minimum atomic E-state index is -3.09. The number of nitrogens with one attached hydrogen (secondary N) is 1. The Morgan fingerprint density at radius 3 is 2.79 bits per heavy atom. The van der Waals surface area contributed by atoms with E-state index in [4.69, 9.17) is 0 Å². The van der Waals surface area contributed by atoms with Crippen molar-refractivity contribution < 1.29 is 8.42 Å². The molecule has 0 saturated carbocycles. The first-order chi connectivity index (χ1) is 6.63. The lowest BCUT2D eigenvalue weighted by molar-refractivity contribution is 0.597. The molecule has 0 spiro atoms. The van der Waals surface area contributed by atoms with Crippen LogP contribution in [-0.2, 0) is 9.84 Å². The molecule has 2 rings (SSSR count). The van der Waals surface area contributed by atoms with E-state index in [1.54, 1.807) is 25.3 Å². The average molecular weight is 209 g/mol. The monoisotopic (exact) mass is 209 g/mol. The van der Waals surface area contributed by atoms with Gasteiger partial charge in [0.15, 0.2) is 9.84 Å². The van der Waals surface area contributed by atoms with Gasteiger partial charge in [-0.25, -0.2) is 8.42 Å². The van der Waals surface area contributed by atoms with Crippen LogP contribution in [0.25, 0.3) is 10.9 Å². The van der Waals surface area contributed by atoms with E-state index in [0.29, 0.717) is 4.90 Å². The SMILES string of the molecule is CCS(=O)(=O)c1ccc2cc[nH]c2c1. The number of H-pyrrole nitrogens is 1. The lowest BCUT2D eigenvalue weighted by atomic mass is 10.2. The zero-order chi connectivity index (χ0) is 10.2. The Bertz CT molecular complexity index is 554. The summed E-state index contributed by atoms with van der Waals surface area (Å²) in [5, 5.41) is 1.03. The lowest BCUT2D eigenvalue weighted by Gasteiger charge is -2.00. The second-order valence-electron chi connectivity index (χ2n) is 3.13. The highest BCUT2D eigenvalue weighted by Crippen LogP contribution is 2.18. The van der Waals surface area contributed by atoms with Crippen molar-refractivity contribution in [2.75, 3.05) is 5.75 Å². The maximum Gasteiger partial charge on any atom is 0.178 e. The van der Waals surface area contributed by atoms with Crippen LogP contribution >= 0.6 is 0 Å². The molecular formula is C10H11NO2S. The third kappa shape index (κ3) is 1.42. The quantitative estimate of drug-likeness (QED) is 0.822. The molecule has 0 aliphatic heterocycles. The normalized spacial score (nSPS) is 12.1. The summed E-state index contributed by atoms with van der Waals surface area (Å²) in [4.78, 5) is 3.38. The second kappa shape index (κ2) is 3.13. The highest BCUT2D eigenvalue weighted by atomic mass is 32.2. The van der Waals surface area contributed by atoms with Crippen molar-refractivity contribution in [1.82, 2.24) is 4.98 Å². The van der Waals surface area contributed by atoms with E-state index in [9.17, 15) is 8.42 Å². The highest BCUT2D eigenvalue weighted by Gasteiger charge is 2.11. The minimum absolute atomic E-state index is 0.138. The Hall–Kier alpha value is -1.29. The molecule has 0 amide bonds. The smallest absolute Gasteiger partial charge is 0.178 e. The molecule has 4 heteroatoms. The van der Waals surface area contributed by atoms with Gasteiger partial charge in [0.1, 0.15) is 0 Å². The zero-order valence-corrected chi connectivity index (χ0v) is 8.64. The van der Waals surface area contributed by atoms with Gasteiger partial charge in [0.25, 0.3) is 0 Å². The van der Waals surface area contributed by atoms with Crippen LogP contribution in [-0.4, -0.2) is 19.2 Å². The van der Waals surface area contributed by atoms with Crippen molar-refractivity contribution in [3.05, 3.63) is 30.5 Å². The Kier molecular flexibility index (Phi) is 2.07. The van der Waals surface area contributed by atoms with Gasteiger partial charge in [-0.15, -0.1) is 0 Å². The number of benzene rings is 1. The van der Waals surface area contributed by atoms with Crippen molar-refractivity contribution in [2.24, 2.45) is 0 Å². The van der Waals surface area contributed by atoms with Gasteiger partial charge in [0, 0.05) is 11.7 Å². The highest BCUT2D eigenvalue weighted by molar-refractivity contribution is 7.91. The first-order valence-corrected chi connectivity index (χ1v) is 6.08. The summed E-state index contributed by atoms with van der Waals surface area (Å²) in [7, 11) is -3.09. The predicted molar refractivity (Wildman–Crippen MR) is 56.0 cm³/mol. The molecule has 0 aliphatic rings. The summed E-state index contributed by atoms with van der Waals surface area (Å²) in [6.07, 6.45) is 1.80. The fourth-order valence-electron chi connectivity index (χ4n) is 1.39. The molecule has 0 fully saturated rings. The summed E-state index contributed by atoms with van der Waals surface area (Å²) in [5.74, 6) is 0.138. The standard InChI is InChI=1S/C10H11NO2S/c1-2-14(12,13)9-4-3-8-5-6-11-10(8)7-9/h3-7,11H,2H2,1H3. The number of sulfone groups is 1. The van der Waals surface area contributed by atoms with Crippen LogP contribution in [0.1, 0.15) is 6.92 Å². The maximum absolute atomic E-state index is 11.6. The van der Waals surface area contributed by atoms with E-state index in [-0.39, 0.29) is 5.75 Å². The van der Waals surface area contributed by atoms with Crippen LogP contribution in [0.3, 0.4) is 0 Å². The molecule has 3 nitrogen and oxygen atoms in total. The van der Waals surface area contributed by atoms with Gasteiger partial charge < -0.3 is 4.98 Å². The molecule has 0 unspecified atom stereocenters. The van der Waals surface area contributed by atoms with Crippen LogP contribution in [0.15, 0.2) is 35.4 Å². The summed E-state index contributed by atoms with van der Waals surface area (Å²) >= 11 is 0. The molecule has 14 heavy (non-hydrogen) atoms. The van der Waals surface area contributed by atoms with E-state index in [2.05, 4.69) is 4.98 Å². The zero-order valence-electron chi connectivity index (χ0n) is 7.82. The van der Waals surface area contributed by atoms with Gasteiger partial charge in [-0.2, -0.15) is 0 Å². The molecule has 2 aromatic rings. The summed E-state index contributed by atoms with van der Waals surface area (Å²) in [6.45, 7) is 1.65. The summed E-state index contributed by atoms with van der Waals surface area (Å²) in [6, 6.07) is 7.05. The summed E-state index contributed by atoms with van der Waals surface area (Å²) in [5.41, 5.74) is 0.861. The fraction of sp³-hybridized carbons (Fsp3) is 0.200. The van der Waals surface area contributed by atoms with Gasteiger partial charge in [0.2, 0.25) is 0 Å². The molecule has 0 aliphatic carbocycles. The Morgan fingerprint density at radius 2 is 2.07 bits per heavy atom. The van der Waals surface area contributed by atoms with Gasteiger partial charge in [-0.1, -0.05) is 13.0 Å². The molecule has 74 valence electrons. The van der Waals surface area contributed by atoms with Crippen molar-refractivity contribution in [2.45, 2.75) is 11.8 Å². The van der Waals surface area contributed by atoms with E-state index < -0.39 is 9.84 Å². The molecular weight excluding hydrogens is 198 g/mol. The van der Waals surface area contributed by atoms with Crippen LogP contribution in [0.5, 0.6) is 0 Å². The van der Waals surface area contributed by atoms with Crippen LogP contribution in [0.4, 0.5) is 0 Å². The molecule has 0 atom stereocenters. The number of rotatable bonds is 2. The van der Waals surface area contributed by atoms with Crippen molar-refractivity contribution in [3.63, 3.8) is 0 Å². The predicted octanol–water partition coefficient (Wildman–Crippen LogP) is 1.96. The van der Waals surface area contributed by atoms with Gasteiger partial charge >= 0.3 is 0 Å².